The second kappa shape index (κ2) is 6.96. The van der Waals surface area contributed by atoms with Gasteiger partial charge >= 0.3 is 0 Å². The van der Waals surface area contributed by atoms with E-state index in [1.54, 1.807) is 0 Å². The number of carbonyl (C=O) groups excluding carboxylic acids is 1. The summed E-state index contributed by atoms with van der Waals surface area (Å²) in [6.07, 6.45) is 0. The summed E-state index contributed by atoms with van der Waals surface area (Å²) in [5.74, 6) is -1.64. The molecule has 1 aromatic rings. The summed E-state index contributed by atoms with van der Waals surface area (Å²) in [5.41, 5.74) is -0.294. The maximum atomic E-state index is 13.4. The number of amides is 1. The highest BCUT2D eigenvalue weighted by Crippen LogP contribution is 2.19. The monoisotopic (exact) mass is 254 g/mol. The van der Waals surface area contributed by atoms with Crippen molar-refractivity contribution in [2.75, 3.05) is 26.2 Å². The average molecular weight is 254 g/mol. The third kappa shape index (κ3) is 3.70. The van der Waals surface area contributed by atoms with E-state index in [1.165, 1.54) is 12.1 Å². The van der Waals surface area contributed by atoms with Gasteiger partial charge in [0.1, 0.15) is 17.1 Å². The van der Waals surface area contributed by atoms with Crippen LogP contribution in [0, 0.1) is 5.82 Å². The van der Waals surface area contributed by atoms with Crippen molar-refractivity contribution in [2.24, 2.45) is 0 Å². The van der Waals surface area contributed by atoms with Gasteiger partial charge in [-0.15, -0.1) is 0 Å². The van der Waals surface area contributed by atoms with Crippen molar-refractivity contribution in [2.45, 2.75) is 13.8 Å². The maximum absolute atomic E-state index is 13.4. The molecule has 1 rings (SSSR count). The summed E-state index contributed by atoms with van der Waals surface area (Å²) in [4.78, 5) is 13.9. The third-order valence-electron chi connectivity index (χ3n) is 2.83. The van der Waals surface area contributed by atoms with Crippen molar-refractivity contribution in [3.05, 3.63) is 29.6 Å². The van der Waals surface area contributed by atoms with Gasteiger partial charge in [0.05, 0.1) is 0 Å². The van der Waals surface area contributed by atoms with E-state index in [1.807, 2.05) is 13.8 Å². The first-order chi connectivity index (χ1) is 8.60. The Kier molecular flexibility index (Phi) is 5.58. The van der Waals surface area contributed by atoms with E-state index in [2.05, 4.69) is 10.2 Å². The molecule has 0 aliphatic heterocycles. The van der Waals surface area contributed by atoms with E-state index in [9.17, 15) is 14.3 Å². The van der Waals surface area contributed by atoms with Crippen molar-refractivity contribution >= 4 is 5.91 Å². The fourth-order valence-electron chi connectivity index (χ4n) is 1.69. The summed E-state index contributed by atoms with van der Waals surface area (Å²) in [6, 6.07) is 3.80. The number of nitrogens with one attached hydrogen (secondary N) is 1. The summed E-state index contributed by atoms with van der Waals surface area (Å²) < 4.78 is 13.4. The van der Waals surface area contributed by atoms with Gasteiger partial charge in [0.15, 0.2) is 0 Å². The number of likely N-dealkylation sites (N-methyl/N-ethyl adjacent to an activating group) is 1. The Hall–Kier alpha value is -1.62. The molecule has 18 heavy (non-hydrogen) atoms. The van der Waals surface area contributed by atoms with Gasteiger partial charge in [0, 0.05) is 13.1 Å². The second-order valence-electron chi connectivity index (χ2n) is 3.92. The molecule has 0 saturated carbocycles. The Balaban J connectivity index is 2.56. The molecule has 0 unspecified atom stereocenters. The molecule has 1 amide bonds. The number of nitrogens with zero attached hydrogens (tertiary/aromatic N) is 1. The van der Waals surface area contributed by atoms with E-state index in [4.69, 9.17) is 0 Å². The molecule has 0 aromatic heterocycles. The standard InChI is InChI=1S/C13H19FN2O2/c1-3-16(4-2)9-8-15-13(18)12-10(14)6-5-7-11(12)17/h5-7,17H,3-4,8-9H2,1-2H3,(H,15,18). The van der Waals surface area contributed by atoms with E-state index in [0.717, 1.165) is 19.2 Å². The quantitative estimate of drug-likeness (QED) is 0.810. The molecule has 0 bridgehead atoms. The molecule has 0 radical (unpaired) electrons. The zero-order chi connectivity index (χ0) is 13.5. The lowest BCUT2D eigenvalue weighted by atomic mass is 10.1. The first-order valence-electron chi connectivity index (χ1n) is 6.08. The first kappa shape index (κ1) is 14.4. The molecule has 5 heteroatoms. The fourth-order valence-corrected chi connectivity index (χ4v) is 1.69. The summed E-state index contributed by atoms with van der Waals surface area (Å²) in [6.45, 7) is 7.00. The Bertz CT molecular complexity index is 386. The number of aromatic hydroxyl groups is 1. The van der Waals surface area contributed by atoms with E-state index >= 15 is 0 Å². The minimum Gasteiger partial charge on any atom is -0.507 e. The predicted octanol–water partition coefficient (Wildman–Crippen LogP) is 1.60. The molecule has 0 atom stereocenters. The number of rotatable bonds is 6. The van der Waals surface area contributed by atoms with Crippen LogP contribution in [0.1, 0.15) is 24.2 Å². The molecule has 1 aromatic carbocycles. The lowest BCUT2D eigenvalue weighted by molar-refractivity contribution is 0.0942. The Morgan fingerprint density at radius 2 is 2.06 bits per heavy atom. The van der Waals surface area contributed by atoms with Gasteiger partial charge in [-0.05, 0) is 25.2 Å². The normalized spacial score (nSPS) is 10.7. The Labute approximate surface area is 106 Å². The van der Waals surface area contributed by atoms with Crippen LogP contribution in [-0.4, -0.2) is 42.1 Å². The number of halogens is 1. The number of carbonyl (C=O) groups is 1. The van der Waals surface area contributed by atoms with Crippen LogP contribution in [0.4, 0.5) is 4.39 Å². The molecule has 4 nitrogen and oxygen atoms in total. The SMILES string of the molecule is CCN(CC)CCNC(=O)c1c(O)cccc1F. The number of hydrogen-bond donors (Lipinski definition) is 2. The van der Waals surface area contributed by atoms with Crippen molar-refractivity contribution in [3.8, 4) is 5.75 Å². The smallest absolute Gasteiger partial charge is 0.258 e. The molecule has 0 aliphatic rings. The molecule has 2 N–H and O–H groups in total. The van der Waals surface area contributed by atoms with Gasteiger partial charge in [-0.1, -0.05) is 19.9 Å². The Morgan fingerprint density at radius 1 is 1.39 bits per heavy atom. The molecule has 0 fully saturated rings. The van der Waals surface area contributed by atoms with Gasteiger partial charge < -0.3 is 15.3 Å². The highest BCUT2D eigenvalue weighted by molar-refractivity contribution is 5.97. The summed E-state index contributed by atoms with van der Waals surface area (Å²) >= 11 is 0. The van der Waals surface area contributed by atoms with Crippen molar-refractivity contribution in [1.82, 2.24) is 10.2 Å². The molecule has 0 saturated heterocycles. The average Bonchev–Trinajstić information content (AvgIpc) is 2.34. The van der Waals surface area contributed by atoms with Crippen LogP contribution in [0.5, 0.6) is 5.75 Å². The van der Waals surface area contributed by atoms with Crippen LogP contribution >= 0.6 is 0 Å². The minimum atomic E-state index is -0.713. The van der Waals surface area contributed by atoms with Crippen molar-refractivity contribution in [1.29, 1.82) is 0 Å². The van der Waals surface area contributed by atoms with E-state index in [-0.39, 0.29) is 11.3 Å². The highest BCUT2D eigenvalue weighted by atomic mass is 19.1. The van der Waals surface area contributed by atoms with Crippen LogP contribution in [0.2, 0.25) is 0 Å². The van der Waals surface area contributed by atoms with Gasteiger partial charge in [0.25, 0.3) is 5.91 Å². The molecular weight excluding hydrogens is 235 g/mol. The molecule has 0 aliphatic carbocycles. The van der Waals surface area contributed by atoms with Crippen molar-refractivity contribution < 1.29 is 14.3 Å². The zero-order valence-corrected chi connectivity index (χ0v) is 10.7. The van der Waals surface area contributed by atoms with Gasteiger partial charge in [-0.3, -0.25) is 4.79 Å². The predicted molar refractivity (Wildman–Crippen MR) is 68.2 cm³/mol. The van der Waals surface area contributed by atoms with Crippen LogP contribution in [0.3, 0.4) is 0 Å². The minimum absolute atomic E-state index is 0.294. The van der Waals surface area contributed by atoms with Crippen LogP contribution in [0.25, 0.3) is 0 Å². The lowest BCUT2D eigenvalue weighted by Crippen LogP contribution is -2.35. The number of hydrogen-bond acceptors (Lipinski definition) is 3. The topological polar surface area (TPSA) is 52.6 Å². The van der Waals surface area contributed by atoms with E-state index in [0.29, 0.717) is 13.1 Å². The first-order valence-corrected chi connectivity index (χ1v) is 6.08. The van der Waals surface area contributed by atoms with Gasteiger partial charge in [-0.25, -0.2) is 4.39 Å². The summed E-state index contributed by atoms with van der Waals surface area (Å²) in [5, 5.41) is 12.1. The highest BCUT2D eigenvalue weighted by Gasteiger charge is 2.15. The third-order valence-corrected chi connectivity index (χ3v) is 2.83. The lowest BCUT2D eigenvalue weighted by Gasteiger charge is -2.18. The largest absolute Gasteiger partial charge is 0.507 e. The van der Waals surface area contributed by atoms with Gasteiger partial charge in [-0.2, -0.15) is 0 Å². The summed E-state index contributed by atoms with van der Waals surface area (Å²) in [7, 11) is 0. The van der Waals surface area contributed by atoms with Crippen LogP contribution in [-0.2, 0) is 0 Å². The molecule has 0 spiro atoms. The maximum Gasteiger partial charge on any atom is 0.258 e. The molecular formula is C13H19FN2O2. The second-order valence-corrected chi connectivity index (χ2v) is 3.92. The zero-order valence-electron chi connectivity index (χ0n) is 10.7. The van der Waals surface area contributed by atoms with Crippen LogP contribution in [0.15, 0.2) is 18.2 Å². The number of benzene rings is 1. The van der Waals surface area contributed by atoms with Crippen LogP contribution < -0.4 is 5.32 Å². The van der Waals surface area contributed by atoms with Crippen molar-refractivity contribution in [3.63, 3.8) is 0 Å². The Morgan fingerprint density at radius 3 is 2.61 bits per heavy atom. The number of phenols is 1. The number of phenolic OH excluding ortho intramolecular Hbond substituents is 1. The molecule has 100 valence electrons. The van der Waals surface area contributed by atoms with Gasteiger partial charge in [0.2, 0.25) is 0 Å². The fraction of sp³-hybridized carbons (Fsp3) is 0.462. The molecule has 0 heterocycles. The van der Waals surface area contributed by atoms with E-state index < -0.39 is 11.7 Å².